The van der Waals surface area contributed by atoms with Crippen molar-refractivity contribution in [2.75, 3.05) is 5.32 Å². The molecule has 7 heteroatoms. The fourth-order valence-electron chi connectivity index (χ4n) is 2.83. The van der Waals surface area contributed by atoms with E-state index < -0.39 is 11.7 Å². The Hall–Kier alpha value is -2.31. The van der Waals surface area contributed by atoms with Gasteiger partial charge in [-0.2, -0.15) is 18.3 Å². The van der Waals surface area contributed by atoms with Gasteiger partial charge in [-0.3, -0.25) is 4.79 Å². The molecule has 0 aliphatic carbocycles. The highest BCUT2D eigenvalue weighted by Gasteiger charge is 2.33. The highest BCUT2D eigenvalue weighted by Crippen LogP contribution is 2.39. The molecule has 0 saturated carbocycles. The molecule has 3 rings (SSSR count). The Morgan fingerprint density at radius 3 is 2.48 bits per heavy atom. The molecule has 2 aromatic rings. The Morgan fingerprint density at radius 1 is 1.26 bits per heavy atom. The van der Waals surface area contributed by atoms with Crippen molar-refractivity contribution in [3.8, 4) is 0 Å². The van der Waals surface area contributed by atoms with Crippen molar-refractivity contribution in [2.24, 2.45) is 0 Å². The van der Waals surface area contributed by atoms with Crippen LogP contribution in [0.4, 0.5) is 19.0 Å². The molecular formula is C16H16F3N3O. The van der Waals surface area contributed by atoms with Gasteiger partial charge < -0.3 is 5.32 Å². The summed E-state index contributed by atoms with van der Waals surface area (Å²) in [7, 11) is 0. The molecule has 2 heterocycles. The molecule has 1 aliphatic rings. The third-order valence-corrected chi connectivity index (χ3v) is 3.98. The van der Waals surface area contributed by atoms with Crippen LogP contribution in [0.25, 0.3) is 0 Å². The molecule has 122 valence electrons. The van der Waals surface area contributed by atoms with Crippen LogP contribution >= 0.6 is 0 Å². The molecular weight excluding hydrogens is 307 g/mol. The lowest BCUT2D eigenvalue weighted by Crippen LogP contribution is -2.25. The first-order chi connectivity index (χ1) is 10.8. The Bertz CT molecular complexity index is 732. The lowest BCUT2D eigenvalue weighted by molar-refractivity contribution is -0.137. The van der Waals surface area contributed by atoms with Crippen LogP contribution in [0, 0.1) is 0 Å². The summed E-state index contributed by atoms with van der Waals surface area (Å²) in [6.45, 7) is 3.89. The number of nitrogens with zero attached hydrogens (tertiary/aromatic N) is 2. The number of fused-ring (bicyclic) bond motifs is 1. The molecule has 23 heavy (non-hydrogen) atoms. The Morgan fingerprint density at radius 2 is 1.91 bits per heavy atom. The van der Waals surface area contributed by atoms with E-state index in [9.17, 15) is 18.0 Å². The van der Waals surface area contributed by atoms with Crippen molar-refractivity contribution in [1.29, 1.82) is 0 Å². The fraction of sp³-hybridized carbons (Fsp3) is 0.375. The summed E-state index contributed by atoms with van der Waals surface area (Å²) in [6, 6.07) is 5.04. The average molecular weight is 323 g/mol. The molecule has 1 amide bonds. The second-order valence-electron chi connectivity index (χ2n) is 5.91. The first kappa shape index (κ1) is 15.6. The third-order valence-electron chi connectivity index (χ3n) is 3.98. The zero-order chi connectivity index (χ0) is 16.8. The van der Waals surface area contributed by atoms with Gasteiger partial charge in [0.15, 0.2) is 0 Å². The lowest BCUT2D eigenvalue weighted by atomic mass is 9.87. The molecule has 1 aromatic heterocycles. The second kappa shape index (κ2) is 5.40. The number of benzene rings is 1. The number of rotatable bonds is 2. The molecule has 0 saturated heterocycles. The molecule has 4 nitrogen and oxygen atoms in total. The zero-order valence-corrected chi connectivity index (χ0v) is 12.7. The molecule has 0 unspecified atom stereocenters. The van der Waals surface area contributed by atoms with Gasteiger partial charge in [0.25, 0.3) is 0 Å². The summed E-state index contributed by atoms with van der Waals surface area (Å²) >= 11 is 0. The number of halogens is 3. The van der Waals surface area contributed by atoms with Crippen molar-refractivity contribution in [1.82, 2.24) is 9.78 Å². The van der Waals surface area contributed by atoms with Gasteiger partial charge >= 0.3 is 6.18 Å². The average Bonchev–Trinajstić information content (AvgIpc) is 2.89. The first-order valence-corrected chi connectivity index (χ1v) is 7.31. The Kier molecular flexibility index (Phi) is 3.66. The second-order valence-corrected chi connectivity index (χ2v) is 5.91. The minimum Gasteiger partial charge on any atom is -0.311 e. The summed E-state index contributed by atoms with van der Waals surface area (Å²) < 4.78 is 39.7. The van der Waals surface area contributed by atoms with Crippen LogP contribution in [0.15, 0.2) is 30.5 Å². The van der Waals surface area contributed by atoms with Gasteiger partial charge in [0.05, 0.1) is 11.8 Å². The number of carbonyl (C=O) groups excluding carboxylic acids is 1. The monoisotopic (exact) mass is 323 g/mol. The van der Waals surface area contributed by atoms with Gasteiger partial charge in [0.1, 0.15) is 5.82 Å². The summed E-state index contributed by atoms with van der Waals surface area (Å²) in [5.41, 5.74) is 0.815. The van der Waals surface area contributed by atoms with Crippen molar-refractivity contribution < 1.29 is 18.0 Å². The van der Waals surface area contributed by atoms with E-state index in [4.69, 9.17) is 0 Å². The Labute approximate surface area is 131 Å². The van der Waals surface area contributed by atoms with Crippen molar-refractivity contribution in [3.63, 3.8) is 0 Å². The van der Waals surface area contributed by atoms with E-state index >= 15 is 0 Å². The lowest BCUT2D eigenvalue weighted by Gasteiger charge is -2.24. The quantitative estimate of drug-likeness (QED) is 0.909. The van der Waals surface area contributed by atoms with E-state index in [0.717, 1.165) is 17.7 Å². The summed E-state index contributed by atoms with van der Waals surface area (Å²) in [5.74, 6) is 0.180. The number of aromatic nitrogens is 2. The molecule has 0 fully saturated rings. The van der Waals surface area contributed by atoms with Gasteiger partial charge in [-0.25, -0.2) is 4.68 Å². The van der Waals surface area contributed by atoms with E-state index in [2.05, 4.69) is 10.4 Å². The predicted octanol–water partition coefficient (Wildman–Crippen LogP) is 3.96. The molecule has 1 N–H and O–H groups in total. The topological polar surface area (TPSA) is 46.9 Å². The fourth-order valence-corrected chi connectivity index (χ4v) is 2.83. The Balaban J connectivity index is 2.00. The van der Waals surface area contributed by atoms with Gasteiger partial charge in [0.2, 0.25) is 5.91 Å². The van der Waals surface area contributed by atoms with Gasteiger partial charge in [0, 0.05) is 23.9 Å². The summed E-state index contributed by atoms with van der Waals surface area (Å²) in [5, 5.41) is 7.09. The maximum atomic E-state index is 12.7. The van der Waals surface area contributed by atoms with Crippen LogP contribution in [-0.2, 0) is 11.0 Å². The first-order valence-electron chi connectivity index (χ1n) is 7.31. The molecule has 0 radical (unpaired) electrons. The number of amides is 1. The number of carbonyl (C=O) groups is 1. The predicted molar refractivity (Wildman–Crippen MR) is 79.1 cm³/mol. The normalized spacial score (nSPS) is 18.0. The largest absolute Gasteiger partial charge is 0.416 e. The van der Waals surface area contributed by atoms with Crippen LogP contribution in [0.5, 0.6) is 0 Å². The van der Waals surface area contributed by atoms with Crippen molar-refractivity contribution >= 4 is 11.7 Å². The van der Waals surface area contributed by atoms with Crippen LogP contribution < -0.4 is 5.32 Å². The van der Waals surface area contributed by atoms with Gasteiger partial charge in [-0.15, -0.1) is 0 Å². The maximum Gasteiger partial charge on any atom is 0.416 e. The maximum absolute atomic E-state index is 12.7. The summed E-state index contributed by atoms with van der Waals surface area (Å²) in [6.07, 6.45) is -2.49. The number of nitrogens with one attached hydrogen (secondary N) is 1. The molecule has 1 aliphatic heterocycles. The van der Waals surface area contributed by atoms with E-state index in [0.29, 0.717) is 11.4 Å². The molecule has 0 bridgehead atoms. The van der Waals surface area contributed by atoms with Crippen molar-refractivity contribution in [3.05, 3.63) is 47.2 Å². The van der Waals surface area contributed by atoms with E-state index in [1.165, 1.54) is 12.1 Å². The standard InChI is InChI=1S/C16H16F3N3O/c1-9(2)22-15-13(8-20-22)12(7-14(23)21-15)10-3-5-11(6-4-10)16(17,18)19/h3-6,8-9,12H,7H2,1-2H3,(H,21,23)/t12-/m0/s1. The summed E-state index contributed by atoms with van der Waals surface area (Å²) in [4.78, 5) is 12.0. The molecule has 1 aromatic carbocycles. The minimum atomic E-state index is -4.36. The highest BCUT2D eigenvalue weighted by molar-refractivity contribution is 5.94. The van der Waals surface area contributed by atoms with E-state index in [1.54, 1.807) is 10.9 Å². The smallest absolute Gasteiger partial charge is 0.311 e. The van der Waals surface area contributed by atoms with Crippen LogP contribution in [-0.4, -0.2) is 15.7 Å². The highest BCUT2D eigenvalue weighted by atomic mass is 19.4. The molecule has 0 spiro atoms. The number of alkyl halides is 3. The number of hydrogen-bond acceptors (Lipinski definition) is 2. The van der Waals surface area contributed by atoms with Crippen molar-refractivity contribution in [2.45, 2.75) is 38.4 Å². The van der Waals surface area contributed by atoms with Crippen LogP contribution in [0.2, 0.25) is 0 Å². The SMILES string of the molecule is CC(C)n1ncc2c1NC(=O)C[C@H]2c1ccc(C(F)(F)F)cc1. The molecule has 1 atom stereocenters. The van der Waals surface area contributed by atoms with E-state index in [1.807, 2.05) is 13.8 Å². The van der Waals surface area contributed by atoms with Gasteiger partial charge in [-0.05, 0) is 31.5 Å². The minimum absolute atomic E-state index is 0.0744. The number of anilines is 1. The third kappa shape index (κ3) is 2.83. The van der Waals surface area contributed by atoms with Crippen LogP contribution in [0.1, 0.15) is 48.9 Å². The number of hydrogen-bond donors (Lipinski definition) is 1. The van der Waals surface area contributed by atoms with Crippen LogP contribution in [0.3, 0.4) is 0 Å². The van der Waals surface area contributed by atoms with Gasteiger partial charge in [-0.1, -0.05) is 12.1 Å². The van der Waals surface area contributed by atoms with E-state index in [-0.39, 0.29) is 24.3 Å². The zero-order valence-electron chi connectivity index (χ0n) is 12.7.